The van der Waals surface area contributed by atoms with Crippen molar-refractivity contribution in [1.82, 2.24) is 0 Å². The van der Waals surface area contributed by atoms with Crippen molar-refractivity contribution in [3.05, 3.63) is 40.4 Å². The maximum absolute atomic E-state index is 10.4. The quantitative estimate of drug-likeness (QED) is 0.552. The van der Waals surface area contributed by atoms with E-state index >= 15 is 0 Å². The van der Waals surface area contributed by atoms with Gasteiger partial charge < -0.3 is 0 Å². The Balaban J connectivity index is 2.24. The van der Waals surface area contributed by atoms with E-state index in [1.165, 1.54) is 43.7 Å². The highest BCUT2D eigenvalue weighted by Crippen LogP contribution is 2.37. The van der Waals surface area contributed by atoms with E-state index in [0.29, 0.717) is 17.2 Å². The number of rotatable bonds is 3. The number of carbonyl (C=O) groups is 1. The van der Waals surface area contributed by atoms with E-state index in [1.54, 1.807) is 0 Å². The van der Waals surface area contributed by atoms with Crippen molar-refractivity contribution in [2.45, 2.75) is 38.0 Å². The van der Waals surface area contributed by atoms with E-state index in [4.69, 9.17) is 23.2 Å². The van der Waals surface area contributed by atoms with Gasteiger partial charge in [0.05, 0.1) is 5.03 Å². The van der Waals surface area contributed by atoms with Gasteiger partial charge in [0.2, 0.25) is 0 Å². The van der Waals surface area contributed by atoms with Crippen LogP contribution in [0.25, 0.3) is 5.03 Å². The maximum atomic E-state index is 10.4. The summed E-state index contributed by atoms with van der Waals surface area (Å²) in [5.41, 5.74) is 2.02. The molecule has 1 aromatic carbocycles. The van der Waals surface area contributed by atoms with Crippen molar-refractivity contribution in [2.24, 2.45) is 0 Å². The number of carbonyl (C=O) groups excluding carboxylic acids is 1. The molecule has 0 spiro atoms. The fourth-order valence-electron chi connectivity index (χ4n) is 2.58. The fourth-order valence-corrected chi connectivity index (χ4v) is 3.08. The Morgan fingerprint density at radius 3 is 2.56 bits per heavy atom. The first-order chi connectivity index (χ1) is 8.72. The van der Waals surface area contributed by atoms with Gasteiger partial charge in [-0.3, -0.25) is 4.79 Å². The topological polar surface area (TPSA) is 17.1 Å². The molecule has 18 heavy (non-hydrogen) atoms. The maximum Gasteiger partial charge on any atom is 0.144 e. The Kier molecular flexibility index (Phi) is 4.85. The molecule has 2 rings (SSSR count). The molecule has 0 atom stereocenters. The zero-order valence-electron chi connectivity index (χ0n) is 10.2. The summed E-state index contributed by atoms with van der Waals surface area (Å²) < 4.78 is 0. The summed E-state index contributed by atoms with van der Waals surface area (Å²) in [4.78, 5) is 10.4. The molecule has 0 bridgehead atoms. The van der Waals surface area contributed by atoms with Gasteiger partial charge in [-0.25, -0.2) is 0 Å². The lowest BCUT2D eigenvalue weighted by molar-refractivity contribution is -0.104. The molecule has 1 nitrogen and oxygen atoms in total. The monoisotopic (exact) mass is 282 g/mol. The SMILES string of the molecule is O=C/C=C(/Cl)c1ccc(C2CCCCC2)c(Cl)c1. The average Bonchev–Trinajstić information content (AvgIpc) is 2.40. The third-order valence-corrected chi connectivity index (χ3v) is 4.21. The second-order valence-electron chi connectivity index (χ2n) is 4.72. The van der Waals surface area contributed by atoms with Crippen molar-refractivity contribution in [3.63, 3.8) is 0 Å². The third-order valence-electron chi connectivity index (χ3n) is 3.54. The molecule has 0 unspecified atom stereocenters. The van der Waals surface area contributed by atoms with Crippen LogP contribution in [0.5, 0.6) is 0 Å². The van der Waals surface area contributed by atoms with E-state index in [-0.39, 0.29) is 0 Å². The van der Waals surface area contributed by atoms with Crippen LogP contribution >= 0.6 is 23.2 Å². The van der Waals surface area contributed by atoms with Crippen molar-refractivity contribution in [3.8, 4) is 0 Å². The van der Waals surface area contributed by atoms with Crippen LogP contribution in [-0.4, -0.2) is 6.29 Å². The molecular weight excluding hydrogens is 267 g/mol. The molecule has 1 saturated carbocycles. The van der Waals surface area contributed by atoms with E-state index in [1.807, 2.05) is 12.1 Å². The molecule has 0 heterocycles. The minimum atomic E-state index is 0.432. The first-order valence-corrected chi connectivity index (χ1v) is 7.08. The lowest BCUT2D eigenvalue weighted by Gasteiger charge is -2.23. The summed E-state index contributed by atoms with van der Waals surface area (Å²) in [6.45, 7) is 0. The van der Waals surface area contributed by atoms with Gasteiger partial charge in [-0.1, -0.05) is 54.6 Å². The summed E-state index contributed by atoms with van der Waals surface area (Å²) in [5, 5.41) is 1.19. The molecule has 1 aromatic rings. The van der Waals surface area contributed by atoms with Crippen molar-refractivity contribution in [1.29, 1.82) is 0 Å². The molecule has 0 aliphatic heterocycles. The Labute approximate surface area is 118 Å². The number of hydrogen-bond acceptors (Lipinski definition) is 1. The molecule has 0 N–H and O–H groups in total. The Bertz CT molecular complexity index is 460. The molecule has 0 saturated heterocycles. The van der Waals surface area contributed by atoms with E-state index in [0.717, 1.165) is 10.6 Å². The van der Waals surface area contributed by atoms with Gasteiger partial charge in [-0.2, -0.15) is 0 Å². The second kappa shape index (κ2) is 6.40. The molecule has 1 aliphatic rings. The summed E-state index contributed by atoms with van der Waals surface area (Å²) in [7, 11) is 0. The van der Waals surface area contributed by atoms with Crippen LogP contribution in [0.1, 0.15) is 49.1 Å². The summed E-state index contributed by atoms with van der Waals surface area (Å²) in [5.74, 6) is 0.578. The normalized spacial score (nSPS) is 17.8. The Hall–Kier alpha value is -0.790. The number of benzene rings is 1. The highest BCUT2D eigenvalue weighted by atomic mass is 35.5. The van der Waals surface area contributed by atoms with E-state index in [2.05, 4.69) is 6.07 Å². The second-order valence-corrected chi connectivity index (χ2v) is 5.54. The largest absolute Gasteiger partial charge is 0.299 e. The minimum Gasteiger partial charge on any atom is -0.299 e. The van der Waals surface area contributed by atoms with E-state index in [9.17, 15) is 4.79 Å². The van der Waals surface area contributed by atoms with Gasteiger partial charge in [-0.05, 0) is 42.0 Å². The van der Waals surface area contributed by atoms with Gasteiger partial charge in [0.25, 0.3) is 0 Å². The van der Waals surface area contributed by atoms with Crippen LogP contribution in [-0.2, 0) is 4.79 Å². The summed E-state index contributed by atoms with van der Waals surface area (Å²) >= 11 is 12.3. The predicted octanol–water partition coefficient (Wildman–Crippen LogP) is 5.17. The van der Waals surface area contributed by atoms with Crippen molar-refractivity contribution < 1.29 is 4.79 Å². The van der Waals surface area contributed by atoms with E-state index < -0.39 is 0 Å². The van der Waals surface area contributed by atoms with Gasteiger partial charge in [0.15, 0.2) is 0 Å². The fraction of sp³-hybridized carbons (Fsp3) is 0.400. The van der Waals surface area contributed by atoms with Crippen molar-refractivity contribution in [2.75, 3.05) is 0 Å². The highest BCUT2D eigenvalue weighted by Gasteiger charge is 2.18. The predicted molar refractivity (Wildman–Crippen MR) is 77.2 cm³/mol. The lowest BCUT2D eigenvalue weighted by atomic mass is 9.84. The van der Waals surface area contributed by atoms with Crippen LogP contribution in [0, 0.1) is 0 Å². The number of halogens is 2. The first kappa shape index (κ1) is 13.6. The zero-order chi connectivity index (χ0) is 13.0. The molecule has 96 valence electrons. The highest BCUT2D eigenvalue weighted by molar-refractivity contribution is 6.49. The Morgan fingerprint density at radius 2 is 1.94 bits per heavy atom. The molecule has 3 heteroatoms. The van der Waals surface area contributed by atoms with Gasteiger partial charge in [0, 0.05) is 5.02 Å². The third kappa shape index (κ3) is 3.15. The zero-order valence-corrected chi connectivity index (χ0v) is 11.7. The van der Waals surface area contributed by atoms with Gasteiger partial charge in [0.1, 0.15) is 6.29 Å². The number of hydrogen-bond donors (Lipinski definition) is 0. The molecule has 0 aromatic heterocycles. The summed E-state index contributed by atoms with van der Waals surface area (Å²) in [6.07, 6.45) is 8.37. The average molecular weight is 283 g/mol. The van der Waals surface area contributed by atoms with Crippen LogP contribution in [0.15, 0.2) is 24.3 Å². The molecule has 1 aliphatic carbocycles. The minimum absolute atomic E-state index is 0.432. The standard InChI is InChI=1S/C15H16Cl2O/c16-14(8-9-18)12-6-7-13(15(17)10-12)11-4-2-1-3-5-11/h6-11H,1-5H2/b14-8+. The molecular formula is C15H16Cl2O. The molecule has 0 radical (unpaired) electrons. The van der Waals surface area contributed by atoms with Gasteiger partial charge >= 0.3 is 0 Å². The first-order valence-electron chi connectivity index (χ1n) is 6.33. The van der Waals surface area contributed by atoms with Crippen LogP contribution in [0.2, 0.25) is 5.02 Å². The van der Waals surface area contributed by atoms with Gasteiger partial charge in [-0.15, -0.1) is 0 Å². The summed E-state index contributed by atoms with van der Waals surface area (Å²) in [6, 6.07) is 5.85. The lowest BCUT2D eigenvalue weighted by Crippen LogP contribution is -2.05. The number of aldehydes is 1. The Morgan fingerprint density at radius 1 is 1.22 bits per heavy atom. The van der Waals surface area contributed by atoms with Crippen LogP contribution in [0.3, 0.4) is 0 Å². The molecule has 1 fully saturated rings. The molecule has 0 amide bonds. The smallest absolute Gasteiger partial charge is 0.144 e. The van der Waals surface area contributed by atoms with Crippen LogP contribution < -0.4 is 0 Å². The van der Waals surface area contributed by atoms with Crippen LogP contribution in [0.4, 0.5) is 0 Å². The van der Waals surface area contributed by atoms with Crippen molar-refractivity contribution >= 4 is 34.5 Å². The number of allylic oxidation sites excluding steroid dienone is 1.